The number of aliphatic hydroxyl groups is 1. The molecule has 2 aliphatic rings. The molecule has 6 nitrogen and oxygen atoms in total. The number of nitrogens with one attached hydrogen (secondary N) is 2. The van der Waals surface area contributed by atoms with E-state index in [1.54, 1.807) is 0 Å². The van der Waals surface area contributed by atoms with Gasteiger partial charge in [-0.25, -0.2) is 9.97 Å². The molecule has 6 heteroatoms. The van der Waals surface area contributed by atoms with Crippen LogP contribution in [0.5, 0.6) is 0 Å². The summed E-state index contributed by atoms with van der Waals surface area (Å²) in [7, 11) is 0. The molecule has 3 heterocycles. The molecule has 2 aromatic rings. The van der Waals surface area contributed by atoms with Crippen LogP contribution in [0.2, 0.25) is 0 Å². The van der Waals surface area contributed by atoms with E-state index in [0.717, 1.165) is 54.6 Å². The maximum absolute atomic E-state index is 10.7. The van der Waals surface area contributed by atoms with E-state index in [1.807, 2.05) is 38.2 Å². The third-order valence-corrected chi connectivity index (χ3v) is 5.97. The van der Waals surface area contributed by atoms with Gasteiger partial charge < -0.3 is 20.6 Å². The van der Waals surface area contributed by atoms with Crippen LogP contribution in [0.3, 0.4) is 0 Å². The number of nitrogens with zero attached hydrogens (tertiary/aromatic N) is 3. The molecule has 0 atom stereocenters. The number of hydrogen-bond acceptors (Lipinski definition) is 6. The average molecular weight is 396 g/mol. The molecule has 0 bridgehead atoms. The lowest BCUT2D eigenvalue weighted by atomic mass is 9.95. The van der Waals surface area contributed by atoms with Gasteiger partial charge in [0.2, 0.25) is 0 Å². The Morgan fingerprint density at radius 2 is 1.86 bits per heavy atom. The molecule has 0 unspecified atom stereocenters. The summed E-state index contributed by atoms with van der Waals surface area (Å²) in [4.78, 5) is 11.8. The second-order valence-corrected chi connectivity index (χ2v) is 8.80. The predicted octanol–water partition coefficient (Wildman–Crippen LogP) is 3.53. The third-order valence-electron chi connectivity index (χ3n) is 5.97. The summed E-state index contributed by atoms with van der Waals surface area (Å²) in [5, 5.41) is 17.7. The van der Waals surface area contributed by atoms with E-state index >= 15 is 0 Å². The average Bonchev–Trinajstić information content (AvgIpc) is 2.74. The van der Waals surface area contributed by atoms with Crippen LogP contribution >= 0.6 is 0 Å². The Balaban J connectivity index is 1.65. The van der Waals surface area contributed by atoms with Crippen LogP contribution in [0.25, 0.3) is 11.3 Å². The zero-order valence-electron chi connectivity index (χ0n) is 17.6. The molecule has 4 rings (SSSR count). The van der Waals surface area contributed by atoms with Crippen molar-refractivity contribution in [2.24, 2.45) is 0 Å². The Hall–Kier alpha value is -2.18. The van der Waals surface area contributed by atoms with Gasteiger partial charge in [0.1, 0.15) is 11.6 Å². The second kappa shape index (κ2) is 8.67. The van der Waals surface area contributed by atoms with Gasteiger partial charge in [-0.05, 0) is 56.5 Å². The van der Waals surface area contributed by atoms with E-state index in [0.29, 0.717) is 6.04 Å². The normalized spacial score (nSPS) is 18.7. The molecule has 3 N–H and O–H groups in total. The quantitative estimate of drug-likeness (QED) is 0.719. The maximum atomic E-state index is 10.7. The summed E-state index contributed by atoms with van der Waals surface area (Å²) in [5.74, 6) is 1.84. The van der Waals surface area contributed by atoms with Crippen LogP contribution in [0.15, 0.2) is 30.5 Å². The maximum Gasteiger partial charge on any atom is 0.129 e. The topological polar surface area (TPSA) is 73.3 Å². The summed E-state index contributed by atoms with van der Waals surface area (Å²) in [6.45, 7) is 7.41. The van der Waals surface area contributed by atoms with E-state index in [-0.39, 0.29) is 0 Å². The standard InChI is InChI=1S/C23H33N5O/c1-23(2,29)18-15-20(27-22(16-18)28-12-10-24-11-13-28)17-8-9-25-21(14-17)26-19-6-4-3-5-7-19/h8-9,14-16,19,24,29H,3-7,10-13H2,1-2H3,(H,25,26). The number of aromatic nitrogens is 2. The van der Waals surface area contributed by atoms with Crippen molar-refractivity contribution in [3.05, 3.63) is 36.0 Å². The molecule has 156 valence electrons. The predicted molar refractivity (Wildman–Crippen MR) is 118 cm³/mol. The van der Waals surface area contributed by atoms with Crippen molar-refractivity contribution in [2.75, 3.05) is 36.4 Å². The van der Waals surface area contributed by atoms with Crippen LogP contribution in [0.4, 0.5) is 11.6 Å². The Bertz CT molecular complexity index is 820. The number of anilines is 2. The minimum atomic E-state index is -0.920. The van der Waals surface area contributed by atoms with Crippen LogP contribution in [0, 0.1) is 0 Å². The van der Waals surface area contributed by atoms with Crippen molar-refractivity contribution in [2.45, 2.75) is 57.6 Å². The first-order valence-electron chi connectivity index (χ1n) is 10.9. The van der Waals surface area contributed by atoms with Crippen LogP contribution < -0.4 is 15.5 Å². The Labute approximate surface area is 173 Å². The van der Waals surface area contributed by atoms with E-state index in [1.165, 1.54) is 32.1 Å². The largest absolute Gasteiger partial charge is 0.386 e. The van der Waals surface area contributed by atoms with Crippen molar-refractivity contribution < 1.29 is 5.11 Å². The summed E-state index contributed by atoms with van der Waals surface area (Å²) >= 11 is 0. The summed E-state index contributed by atoms with van der Waals surface area (Å²) < 4.78 is 0. The fourth-order valence-electron chi connectivity index (χ4n) is 4.20. The minimum absolute atomic E-state index is 0.513. The molecular weight excluding hydrogens is 362 g/mol. The summed E-state index contributed by atoms with van der Waals surface area (Å²) in [6, 6.07) is 8.64. The molecule has 0 radical (unpaired) electrons. The minimum Gasteiger partial charge on any atom is -0.386 e. The first kappa shape index (κ1) is 20.1. The first-order chi connectivity index (χ1) is 14.0. The van der Waals surface area contributed by atoms with Crippen LogP contribution in [0.1, 0.15) is 51.5 Å². The lowest BCUT2D eigenvalue weighted by Crippen LogP contribution is -2.44. The molecule has 1 saturated heterocycles. The SMILES string of the molecule is CC(C)(O)c1cc(-c2ccnc(NC3CCCCC3)c2)nc(N2CCNCC2)c1. The monoisotopic (exact) mass is 395 g/mol. The molecule has 2 aromatic heterocycles. The van der Waals surface area contributed by atoms with Gasteiger partial charge in [-0.15, -0.1) is 0 Å². The fourth-order valence-corrected chi connectivity index (χ4v) is 4.20. The summed E-state index contributed by atoms with van der Waals surface area (Å²) in [6.07, 6.45) is 8.20. The molecule has 29 heavy (non-hydrogen) atoms. The van der Waals surface area contributed by atoms with Gasteiger partial charge in [-0.1, -0.05) is 19.3 Å². The van der Waals surface area contributed by atoms with Gasteiger partial charge in [0, 0.05) is 44.0 Å². The fraction of sp³-hybridized carbons (Fsp3) is 0.565. The van der Waals surface area contributed by atoms with E-state index in [9.17, 15) is 5.11 Å². The van der Waals surface area contributed by atoms with Gasteiger partial charge in [0.25, 0.3) is 0 Å². The molecule has 1 saturated carbocycles. The van der Waals surface area contributed by atoms with Gasteiger partial charge in [-0.3, -0.25) is 0 Å². The van der Waals surface area contributed by atoms with Crippen LogP contribution in [-0.2, 0) is 5.60 Å². The lowest BCUT2D eigenvalue weighted by molar-refractivity contribution is 0.0786. The highest BCUT2D eigenvalue weighted by molar-refractivity contribution is 5.66. The Morgan fingerprint density at radius 3 is 2.59 bits per heavy atom. The van der Waals surface area contributed by atoms with Gasteiger partial charge >= 0.3 is 0 Å². The first-order valence-corrected chi connectivity index (χ1v) is 10.9. The van der Waals surface area contributed by atoms with Gasteiger partial charge in [0.15, 0.2) is 0 Å². The molecule has 0 spiro atoms. The van der Waals surface area contributed by atoms with Crippen molar-refractivity contribution in [3.63, 3.8) is 0 Å². The highest BCUT2D eigenvalue weighted by atomic mass is 16.3. The van der Waals surface area contributed by atoms with Crippen molar-refractivity contribution in [1.82, 2.24) is 15.3 Å². The van der Waals surface area contributed by atoms with Gasteiger partial charge in [0.05, 0.1) is 11.3 Å². The van der Waals surface area contributed by atoms with E-state index in [4.69, 9.17) is 4.98 Å². The lowest BCUT2D eigenvalue weighted by Gasteiger charge is -2.30. The Kier molecular flexibility index (Phi) is 6.01. The number of hydrogen-bond donors (Lipinski definition) is 3. The number of pyridine rings is 2. The van der Waals surface area contributed by atoms with Gasteiger partial charge in [-0.2, -0.15) is 0 Å². The number of piperazine rings is 1. The highest BCUT2D eigenvalue weighted by Gasteiger charge is 2.22. The molecule has 1 aliphatic carbocycles. The third kappa shape index (κ3) is 5.06. The second-order valence-electron chi connectivity index (χ2n) is 8.80. The van der Waals surface area contributed by atoms with Crippen LogP contribution in [-0.4, -0.2) is 47.3 Å². The highest BCUT2D eigenvalue weighted by Crippen LogP contribution is 2.30. The molecule has 2 fully saturated rings. The smallest absolute Gasteiger partial charge is 0.129 e. The van der Waals surface area contributed by atoms with Crippen molar-refractivity contribution in [3.8, 4) is 11.3 Å². The Morgan fingerprint density at radius 1 is 1.10 bits per heavy atom. The zero-order valence-corrected chi connectivity index (χ0v) is 17.6. The molecular formula is C23H33N5O. The summed E-state index contributed by atoms with van der Waals surface area (Å²) in [5.41, 5.74) is 1.87. The molecule has 1 aliphatic heterocycles. The van der Waals surface area contributed by atoms with E-state index < -0.39 is 5.60 Å². The van der Waals surface area contributed by atoms with Crippen molar-refractivity contribution in [1.29, 1.82) is 0 Å². The van der Waals surface area contributed by atoms with E-state index in [2.05, 4.69) is 26.6 Å². The zero-order chi connectivity index (χ0) is 20.3. The van der Waals surface area contributed by atoms with Crippen molar-refractivity contribution >= 4 is 11.6 Å². The number of rotatable bonds is 5. The molecule has 0 amide bonds. The molecule has 0 aromatic carbocycles.